The third-order valence-corrected chi connectivity index (χ3v) is 3.77. The van der Waals surface area contributed by atoms with Crippen LogP contribution in [0.4, 0.5) is 0 Å². The first-order chi connectivity index (χ1) is 12.3. The molecule has 0 amide bonds. The minimum absolute atomic E-state index is 0.607. The number of rotatable bonds is 7. The number of nitrogens with zero attached hydrogens (tertiary/aromatic N) is 4. The lowest BCUT2D eigenvalue weighted by molar-refractivity contribution is 0.680. The van der Waals surface area contributed by atoms with Gasteiger partial charge in [0, 0.05) is 25.1 Å². The molecule has 0 saturated carbocycles. The molecule has 0 bridgehead atoms. The van der Waals surface area contributed by atoms with Crippen LogP contribution in [0.2, 0.25) is 0 Å². The quantitative estimate of drug-likeness (QED) is 0.454. The maximum Gasteiger partial charge on any atom is 0.191 e. The summed E-state index contributed by atoms with van der Waals surface area (Å²) in [5.74, 6) is 0.783. The van der Waals surface area contributed by atoms with Gasteiger partial charge in [-0.2, -0.15) is 10.2 Å². The number of aliphatic imine (C=N–C) groups is 1. The first-order valence-corrected chi connectivity index (χ1v) is 8.40. The third kappa shape index (κ3) is 4.94. The van der Waals surface area contributed by atoms with Gasteiger partial charge in [-0.15, -0.1) is 0 Å². The normalized spacial score (nSPS) is 11.5. The van der Waals surface area contributed by atoms with E-state index in [0.29, 0.717) is 13.1 Å². The van der Waals surface area contributed by atoms with Crippen LogP contribution in [0.25, 0.3) is 0 Å². The molecule has 0 aliphatic carbocycles. The van der Waals surface area contributed by atoms with Crippen LogP contribution in [-0.2, 0) is 19.6 Å². The fraction of sp³-hybridized carbons (Fsp3) is 0.278. The van der Waals surface area contributed by atoms with Crippen molar-refractivity contribution in [2.45, 2.75) is 26.6 Å². The van der Waals surface area contributed by atoms with Gasteiger partial charge in [0.25, 0.3) is 0 Å². The highest BCUT2D eigenvalue weighted by molar-refractivity contribution is 5.79. The van der Waals surface area contributed by atoms with Crippen molar-refractivity contribution in [1.29, 1.82) is 0 Å². The second-order valence-corrected chi connectivity index (χ2v) is 5.60. The molecule has 25 heavy (non-hydrogen) atoms. The molecule has 0 atom stereocenters. The van der Waals surface area contributed by atoms with Crippen LogP contribution in [0.15, 0.2) is 60.0 Å². The second-order valence-electron chi connectivity index (χ2n) is 5.60. The Labute approximate surface area is 147 Å². The Balaban J connectivity index is 1.67. The molecule has 0 aliphatic rings. The summed E-state index contributed by atoms with van der Waals surface area (Å²) in [6.45, 7) is 4.87. The average Bonchev–Trinajstić information content (AvgIpc) is 3.32. The predicted molar refractivity (Wildman–Crippen MR) is 98.0 cm³/mol. The summed E-state index contributed by atoms with van der Waals surface area (Å²) in [6.07, 6.45) is 5.51. The van der Waals surface area contributed by atoms with Gasteiger partial charge >= 0.3 is 0 Å². The first kappa shape index (κ1) is 16.8. The van der Waals surface area contributed by atoms with E-state index in [1.54, 1.807) is 12.4 Å². The van der Waals surface area contributed by atoms with Gasteiger partial charge in [0.15, 0.2) is 5.96 Å². The minimum Gasteiger partial charge on any atom is -0.357 e. The lowest BCUT2D eigenvalue weighted by atomic mass is 10.1. The molecule has 2 aromatic heterocycles. The Morgan fingerprint density at radius 3 is 2.72 bits per heavy atom. The molecular formula is C18H23N7. The number of hydrogen-bond acceptors (Lipinski definition) is 3. The largest absolute Gasteiger partial charge is 0.357 e. The maximum atomic E-state index is 4.70. The zero-order chi connectivity index (χ0) is 17.3. The summed E-state index contributed by atoms with van der Waals surface area (Å²) in [6, 6.07) is 12.2. The Hall–Kier alpha value is -3.09. The van der Waals surface area contributed by atoms with E-state index in [2.05, 4.69) is 45.0 Å². The molecule has 0 spiro atoms. The molecule has 7 nitrogen and oxygen atoms in total. The van der Waals surface area contributed by atoms with Gasteiger partial charge in [0.2, 0.25) is 0 Å². The van der Waals surface area contributed by atoms with Crippen LogP contribution in [0, 0.1) is 0 Å². The van der Waals surface area contributed by atoms with Crippen LogP contribution in [0.5, 0.6) is 0 Å². The minimum atomic E-state index is 0.607. The summed E-state index contributed by atoms with van der Waals surface area (Å²) in [7, 11) is 0. The van der Waals surface area contributed by atoms with Crippen molar-refractivity contribution in [3.63, 3.8) is 0 Å². The molecule has 0 unspecified atom stereocenters. The SMILES string of the molecule is CCNC(=NCc1ccccc1Cn1cccn1)NCc1ccn[nH]1. The molecule has 1 aromatic carbocycles. The lowest BCUT2D eigenvalue weighted by Crippen LogP contribution is -2.36. The van der Waals surface area contributed by atoms with E-state index in [4.69, 9.17) is 4.99 Å². The van der Waals surface area contributed by atoms with Gasteiger partial charge in [-0.1, -0.05) is 24.3 Å². The van der Waals surface area contributed by atoms with Crippen molar-refractivity contribution in [3.8, 4) is 0 Å². The monoisotopic (exact) mass is 337 g/mol. The van der Waals surface area contributed by atoms with Crippen molar-refractivity contribution in [2.75, 3.05) is 6.54 Å². The summed E-state index contributed by atoms with van der Waals surface area (Å²) >= 11 is 0. The third-order valence-electron chi connectivity index (χ3n) is 3.77. The van der Waals surface area contributed by atoms with Gasteiger partial charge in [0.1, 0.15) is 0 Å². The maximum absolute atomic E-state index is 4.70. The van der Waals surface area contributed by atoms with Gasteiger partial charge < -0.3 is 10.6 Å². The number of H-pyrrole nitrogens is 1. The number of guanidine groups is 1. The summed E-state index contributed by atoms with van der Waals surface area (Å²) in [5.41, 5.74) is 3.43. The van der Waals surface area contributed by atoms with E-state index >= 15 is 0 Å². The Kier molecular flexibility index (Phi) is 5.82. The Morgan fingerprint density at radius 2 is 2.00 bits per heavy atom. The molecular weight excluding hydrogens is 314 g/mol. The molecule has 0 saturated heterocycles. The molecule has 3 aromatic rings. The van der Waals surface area contributed by atoms with Crippen LogP contribution < -0.4 is 10.6 Å². The highest BCUT2D eigenvalue weighted by atomic mass is 15.3. The zero-order valence-corrected chi connectivity index (χ0v) is 14.3. The fourth-order valence-corrected chi connectivity index (χ4v) is 2.50. The van der Waals surface area contributed by atoms with Crippen LogP contribution >= 0.6 is 0 Å². The van der Waals surface area contributed by atoms with E-state index in [-0.39, 0.29) is 0 Å². The van der Waals surface area contributed by atoms with Gasteiger partial charge in [-0.25, -0.2) is 4.99 Å². The van der Waals surface area contributed by atoms with E-state index in [0.717, 1.165) is 24.7 Å². The average molecular weight is 337 g/mol. The van der Waals surface area contributed by atoms with Gasteiger partial charge in [0.05, 0.1) is 25.3 Å². The topological polar surface area (TPSA) is 82.9 Å². The molecule has 2 heterocycles. The van der Waals surface area contributed by atoms with Gasteiger partial charge in [-0.3, -0.25) is 9.78 Å². The van der Waals surface area contributed by atoms with Crippen molar-refractivity contribution >= 4 is 5.96 Å². The van der Waals surface area contributed by atoms with E-state index in [1.165, 1.54) is 11.1 Å². The van der Waals surface area contributed by atoms with E-state index < -0.39 is 0 Å². The van der Waals surface area contributed by atoms with Crippen LogP contribution in [0.3, 0.4) is 0 Å². The summed E-state index contributed by atoms with van der Waals surface area (Å²) < 4.78 is 1.92. The van der Waals surface area contributed by atoms with Crippen LogP contribution in [-0.4, -0.2) is 32.5 Å². The summed E-state index contributed by atoms with van der Waals surface area (Å²) in [5, 5.41) is 17.7. The second kappa shape index (κ2) is 8.68. The molecule has 3 rings (SSSR count). The van der Waals surface area contributed by atoms with Crippen molar-refractivity contribution < 1.29 is 0 Å². The molecule has 7 heteroatoms. The van der Waals surface area contributed by atoms with Crippen molar-refractivity contribution in [1.82, 2.24) is 30.6 Å². The number of nitrogens with one attached hydrogen (secondary N) is 3. The van der Waals surface area contributed by atoms with Crippen LogP contribution in [0.1, 0.15) is 23.7 Å². The lowest BCUT2D eigenvalue weighted by Gasteiger charge is -2.12. The highest BCUT2D eigenvalue weighted by Gasteiger charge is 2.04. The smallest absolute Gasteiger partial charge is 0.191 e. The number of aromatic nitrogens is 4. The molecule has 130 valence electrons. The number of hydrogen-bond donors (Lipinski definition) is 3. The molecule has 3 N–H and O–H groups in total. The summed E-state index contributed by atoms with van der Waals surface area (Å²) in [4.78, 5) is 4.70. The molecule has 0 fully saturated rings. The van der Waals surface area contributed by atoms with Gasteiger partial charge in [-0.05, 0) is 30.2 Å². The Morgan fingerprint density at radius 1 is 1.12 bits per heavy atom. The van der Waals surface area contributed by atoms with Crippen molar-refractivity contribution in [2.24, 2.45) is 4.99 Å². The fourth-order valence-electron chi connectivity index (χ4n) is 2.50. The van der Waals surface area contributed by atoms with E-state index in [9.17, 15) is 0 Å². The van der Waals surface area contributed by atoms with Crippen molar-refractivity contribution in [3.05, 3.63) is 71.8 Å². The number of aromatic amines is 1. The van der Waals surface area contributed by atoms with E-state index in [1.807, 2.05) is 35.1 Å². The molecule has 0 aliphatic heterocycles. The highest BCUT2D eigenvalue weighted by Crippen LogP contribution is 2.11. The molecule has 0 radical (unpaired) electrons. The predicted octanol–water partition coefficient (Wildman–Crippen LogP) is 1.91. The number of benzene rings is 1. The Bertz CT molecular complexity index is 776. The standard InChI is InChI=1S/C18H23N7/c1-2-19-18(21-13-17-8-10-22-24-17)20-12-15-6-3-4-7-16(15)14-25-11-5-9-23-25/h3-11H,2,12-14H2,1H3,(H,22,24)(H2,19,20,21). The zero-order valence-electron chi connectivity index (χ0n) is 14.3. The first-order valence-electron chi connectivity index (χ1n) is 8.40.